The number of aliphatic carboxylic acids is 1. The molecule has 192 valence electrons. The van der Waals surface area contributed by atoms with Crippen LogP contribution in [0.4, 0.5) is 5.82 Å². The number of hydrogen-bond acceptors (Lipinski definition) is 9. The van der Waals surface area contributed by atoms with Gasteiger partial charge in [-0.25, -0.2) is 15.0 Å². The van der Waals surface area contributed by atoms with Gasteiger partial charge < -0.3 is 30.4 Å². The molecule has 0 spiro atoms. The van der Waals surface area contributed by atoms with Crippen molar-refractivity contribution >= 4 is 23.0 Å². The van der Waals surface area contributed by atoms with Gasteiger partial charge in [0.1, 0.15) is 30.2 Å². The topological polar surface area (TPSA) is 147 Å². The summed E-state index contributed by atoms with van der Waals surface area (Å²) in [5, 5.41) is 12.0. The lowest BCUT2D eigenvalue weighted by molar-refractivity contribution is -0.136. The Morgan fingerprint density at radius 3 is 2.27 bits per heavy atom. The highest BCUT2D eigenvalue weighted by atomic mass is 16.6. The third-order valence-corrected chi connectivity index (χ3v) is 6.14. The van der Waals surface area contributed by atoms with Crippen molar-refractivity contribution < 1.29 is 24.1 Å². The van der Waals surface area contributed by atoms with Gasteiger partial charge in [-0.2, -0.15) is 0 Å². The second kappa shape index (κ2) is 11.4. The summed E-state index contributed by atoms with van der Waals surface area (Å²) >= 11 is 0. The first kappa shape index (κ1) is 24.8. The highest BCUT2D eigenvalue weighted by Gasteiger charge is 2.47. The van der Waals surface area contributed by atoms with Crippen molar-refractivity contribution in [2.75, 3.05) is 18.8 Å². The van der Waals surface area contributed by atoms with Gasteiger partial charge in [-0.05, 0) is 11.1 Å². The molecule has 1 aliphatic heterocycles. The average Bonchev–Trinajstić information content (AvgIpc) is 3.49. The van der Waals surface area contributed by atoms with Crippen LogP contribution < -0.4 is 11.1 Å². The molecule has 4 unspecified atom stereocenters. The van der Waals surface area contributed by atoms with Gasteiger partial charge in [0.25, 0.3) is 0 Å². The van der Waals surface area contributed by atoms with Crippen molar-refractivity contribution in [1.82, 2.24) is 24.8 Å². The normalized spacial score (nSPS) is 21.4. The molecule has 0 aliphatic carbocycles. The van der Waals surface area contributed by atoms with Crippen molar-refractivity contribution in [1.29, 1.82) is 0 Å². The SMILES string of the molecule is Nc1ncnc2c1ncn2C1OC(CNCC(=O)O)C(OCc2ccccc2)C1OCc1ccccc1. The predicted octanol–water partition coefficient (Wildman–Crippen LogP) is 2.15. The predicted molar refractivity (Wildman–Crippen MR) is 134 cm³/mol. The maximum absolute atomic E-state index is 11.1. The van der Waals surface area contributed by atoms with Gasteiger partial charge in [0.05, 0.1) is 26.1 Å². The van der Waals surface area contributed by atoms with Crippen LogP contribution in [0.15, 0.2) is 73.3 Å². The van der Waals surface area contributed by atoms with E-state index in [1.54, 1.807) is 10.9 Å². The van der Waals surface area contributed by atoms with Crippen LogP contribution in [-0.2, 0) is 32.2 Å². The van der Waals surface area contributed by atoms with Crippen LogP contribution in [0.3, 0.4) is 0 Å². The summed E-state index contributed by atoms with van der Waals surface area (Å²) in [6, 6.07) is 19.6. The molecule has 0 saturated carbocycles. The molecule has 1 saturated heterocycles. The van der Waals surface area contributed by atoms with Crippen LogP contribution in [-0.4, -0.2) is 62.0 Å². The van der Waals surface area contributed by atoms with E-state index in [4.69, 9.17) is 25.1 Å². The summed E-state index contributed by atoms with van der Waals surface area (Å²) in [5.74, 6) is -0.694. The number of carbonyl (C=O) groups is 1. The van der Waals surface area contributed by atoms with Crippen molar-refractivity contribution in [2.45, 2.75) is 37.8 Å². The molecule has 1 fully saturated rings. The van der Waals surface area contributed by atoms with Crippen LogP contribution in [0.1, 0.15) is 17.4 Å². The number of nitrogen functional groups attached to an aromatic ring is 1. The average molecular weight is 505 g/mol. The maximum Gasteiger partial charge on any atom is 0.317 e. The van der Waals surface area contributed by atoms with Crippen molar-refractivity contribution in [3.05, 3.63) is 84.4 Å². The number of hydrogen-bond donors (Lipinski definition) is 3. The van der Waals surface area contributed by atoms with Gasteiger partial charge in [0.15, 0.2) is 17.7 Å². The summed E-state index contributed by atoms with van der Waals surface area (Å²) < 4.78 is 21.1. The number of ether oxygens (including phenoxy) is 3. The third kappa shape index (κ3) is 5.75. The molecule has 3 heterocycles. The number of nitrogens with two attached hydrogens (primary N) is 1. The molecule has 2 aromatic heterocycles. The Balaban J connectivity index is 1.46. The number of anilines is 1. The molecule has 5 rings (SSSR count). The van der Waals surface area contributed by atoms with E-state index in [-0.39, 0.29) is 18.9 Å². The zero-order valence-corrected chi connectivity index (χ0v) is 20.0. The first-order valence-corrected chi connectivity index (χ1v) is 11.9. The van der Waals surface area contributed by atoms with Crippen LogP contribution in [0.25, 0.3) is 11.2 Å². The maximum atomic E-state index is 11.1. The fourth-order valence-corrected chi connectivity index (χ4v) is 4.39. The lowest BCUT2D eigenvalue weighted by Gasteiger charge is -2.25. The van der Waals surface area contributed by atoms with E-state index < -0.39 is 30.5 Å². The van der Waals surface area contributed by atoms with Gasteiger partial charge >= 0.3 is 5.97 Å². The molecule has 0 bridgehead atoms. The van der Waals surface area contributed by atoms with E-state index in [0.717, 1.165) is 11.1 Å². The molecule has 37 heavy (non-hydrogen) atoms. The van der Waals surface area contributed by atoms with Gasteiger partial charge in [-0.15, -0.1) is 0 Å². The number of fused-ring (bicyclic) bond motifs is 1. The Bertz CT molecular complexity index is 1320. The van der Waals surface area contributed by atoms with E-state index in [1.807, 2.05) is 60.7 Å². The summed E-state index contributed by atoms with van der Waals surface area (Å²) in [5.41, 5.74) is 8.97. The first-order valence-electron chi connectivity index (χ1n) is 11.9. The number of benzene rings is 2. The summed E-state index contributed by atoms with van der Waals surface area (Å²) in [6.07, 6.45) is 0.729. The van der Waals surface area contributed by atoms with Crippen LogP contribution in [0, 0.1) is 0 Å². The Morgan fingerprint density at radius 1 is 0.973 bits per heavy atom. The Labute approximate surface area is 213 Å². The molecule has 2 aromatic carbocycles. The van der Waals surface area contributed by atoms with Gasteiger partial charge in [0, 0.05) is 6.54 Å². The molecule has 11 heteroatoms. The van der Waals surface area contributed by atoms with E-state index in [0.29, 0.717) is 24.4 Å². The van der Waals surface area contributed by atoms with Crippen LogP contribution >= 0.6 is 0 Å². The van der Waals surface area contributed by atoms with Gasteiger partial charge in [-0.1, -0.05) is 60.7 Å². The zero-order chi connectivity index (χ0) is 25.6. The molecule has 11 nitrogen and oxygen atoms in total. The smallest absolute Gasteiger partial charge is 0.317 e. The highest BCUT2D eigenvalue weighted by Crippen LogP contribution is 2.36. The van der Waals surface area contributed by atoms with E-state index >= 15 is 0 Å². The van der Waals surface area contributed by atoms with Gasteiger partial charge in [-0.3, -0.25) is 9.36 Å². The van der Waals surface area contributed by atoms with Crippen molar-refractivity contribution in [2.24, 2.45) is 0 Å². The molecule has 4 atom stereocenters. The molecule has 1 aliphatic rings. The molecule has 0 radical (unpaired) electrons. The largest absolute Gasteiger partial charge is 0.480 e. The lowest BCUT2D eigenvalue weighted by Crippen LogP contribution is -2.41. The second-order valence-electron chi connectivity index (χ2n) is 8.70. The Kier molecular flexibility index (Phi) is 7.66. The highest BCUT2D eigenvalue weighted by molar-refractivity contribution is 5.81. The number of nitrogens with zero attached hydrogens (tertiary/aromatic N) is 4. The lowest BCUT2D eigenvalue weighted by atomic mass is 10.1. The second-order valence-corrected chi connectivity index (χ2v) is 8.70. The minimum atomic E-state index is -0.957. The Morgan fingerprint density at radius 2 is 1.62 bits per heavy atom. The zero-order valence-electron chi connectivity index (χ0n) is 20.0. The molecule has 0 amide bonds. The van der Waals surface area contributed by atoms with Crippen LogP contribution in [0.5, 0.6) is 0 Å². The summed E-state index contributed by atoms with van der Waals surface area (Å²) in [4.78, 5) is 23.9. The number of imidazole rings is 1. The minimum absolute atomic E-state index is 0.205. The monoisotopic (exact) mass is 504 g/mol. The first-order chi connectivity index (χ1) is 18.1. The molecule has 4 aromatic rings. The number of rotatable bonds is 11. The van der Waals surface area contributed by atoms with Gasteiger partial charge in [0.2, 0.25) is 0 Å². The number of aromatic nitrogens is 4. The van der Waals surface area contributed by atoms with Crippen molar-refractivity contribution in [3.8, 4) is 0 Å². The van der Waals surface area contributed by atoms with E-state index in [1.165, 1.54) is 6.33 Å². The fraction of sp³-hybridized carbons (Fsp3) is 0.308. The molecular weight excluding hydrogens is 476 g/mol. The Hall–Kier alpha value is -3.90. The van der Waals surface area contributed by atoms with E-state index in [2.05, 4.69) is 20.3 Å². The summed E-state index contributed by atoms with van der Waals surface area (Å²) in [7, 11) is 0. The minimum Gasteiger partial charge on any atom is -0.480 e. The number of carboxylic acid groups (broad SMARTS) is 1. The third-order valence-electron chi connectivity index (χ3n) is 6.14. The number of carboxylic acids is 1. The quantitative estimate of drug-likeness (QED) is 0.278. The van der Waals surface area contributed by atoms with Crippen LogP contribution in [0.2, 0.25) is 0 Å². The fourth-order valence-electron chi connectivity index (χ4n) is 4.39. The van der Waals surface area contributed by atoms with E-state index in [9.17, 15) is 4.79 Å². The standard InChI is InChI=1S/C26H28N6O5/c27-24-21-25(30-15-29-24)32(16-31-21)26-23(36-14-18-9-5-2-6-10-18)22(19(37-26)11-28-12-20(33)34)35-13-17-7-3-1-4-8-17/h1-10,15-16,19,22-23,26,28H,11-14H2,(H,33,34)(H2,27,29,30). The van der Waals surface area contributed by atoms with Crippen molar-refractivity contribution in [3.63, 3.8) is 0 Å². The number of nitrogens with one attached hydrogen (secondary N) is 1. The summed E-state index contributed by atoms with van der Waals surface area (Å²) in [6.45, 7) is 0.706. The molecule has 4 N–H and O–H groups in total. The molecular formula is C26H28N6O5.